The number of hydrogen-bond donors (Lipinski definition) is 1. The van der Waals surface area contributed by atoms with Crippen LogP contribution in [0.4, 0.5) is 0 Å². The summed E-state index contributed by atoms with van der Waals surface area (Å²) in [6.45, 7) is 5.54. The molecule has 3 aromatic rings. The highest BCUT2D eigenvalue weighted by molar-refractivity contribution is 6.43. The van der Waals surface area contributed by atoms with Crippen molar-refractivity contribution in [1.82, 2.24) is 15.1 Å². The van der Waals surface area contributed by atoms with Crippen LogP contribution in [0.1, 0.15) is 44.5 Å². The molecule has 0 aliphatic heterocycles. The van der Waals surface area contributed by atoms with E-state index in [1.807, 2.05) is 61.5 Å². The van der Waals surface area contributed by atoms with Gasteiger partial charge in [0.25, 0.3) is 11.7 Å². The summed E-state index contributed by atoms with van der Waals surface area (Å²) in [6.07, 6.45) is 0. The SMILES string of the molecule is Cc1ccc(C(NC(=O)C(=O)c2c(C)nn(C)c2C)c2ccccc2)cc1. The van der Waals surface area contributed by atoms with Crippen molar-refractivity contribution in [3.8, 4) is 0 Å². The quantitative estimate of drug-likeness (QED) is 0.559. The number of amides is 1. The van der Waals surface area contributed by atoms with E-state index < -0.39 is 17.7 Å². The smallest absolute Gasteiger partial charge is 0.293 e. The van der Waals surface area contributed by atoms with Gasteiger partial charge in [0.2, 0.25) is 0 Å². The molecule has 27 heavy (non-hydrogen) atoms. The Hall–Kier alpha value is -3.21. The molecule has 1 aromatic heterocycles. The van der Waals surface area contributed by atoms with Crippen LogP contribution in [0.3, 0.4) is 0 Å². The highest BCUT2D eigenvalue weighted by Crippen LogP contribution is 2.23. The fourth-order valence-electron chi connectivity index (χ4n) is 3.18. The lowest BCUT2D eigenvalue weighted by atomic mass is 9.97. The topological polar surface area (TPSA) is 64.0 Å². The zero-order valence-electron chi connectivity index (χ0n) is 16.0. The van der Waals surface area contributed by atoms with E-state index in [0.717, 1.165) is 16.7 Å². The van der Waals surface area contributed by atoms with Crippen LogP contribution in [-0.2, 0) is 11.8 Å². The van der Waals surface area contributed by atoms with Gasteiger partial charge in [0.15, 0.2) is 0 Å². The molecular weight excluding hydrogens is 338 g/mol. The van der Waals surface area contributed by atoms with Crippen LogP contribution in [0, 0.1) is 20.8 Å². The molecule has 0 aliphatic rings. The number of ketones is 1. The van der Waals surface area contributed by atoms with E-state index in [-0.39, 0.29) is 0 Å². The fraction of sp³-hybridized carbons (Fsp3) is 0.227. The molecule has 1 heterocycles. The van der Waals surface area contributed by atoms with Gasteiger partial charge in [-0.1, -0.05) is 60.2 Å². The minimum absolute atomic E-state index is 0.366. The maximum atomic E-state index is 12.8. The summed E-state index contributed by atoms with van der Waals surface area (Å²) in [4.78, 5) is 25.6. The van der Waals surface area contributed by atoms with Gasteiger partial charge in [0.05, 0.1) is 17.3 Å². The van der Waals surface area contributed by atoms with Crippen molar-refractivity contribution in [1.29, 1.82) is 0 Å². The molecule has 2 aromatic carbocycles. The first-order valence-electron chi connectivity index (χ1n) is 8.85. The van der Waals surface area contributed by atoms with E-state index in [1.54, 1.807) is 25.6 Å². The Morgan fingerprint density at radius 2 is 1.52 bits per heavy atom. The molecule has 1 N–H and O–H groups in total. The molecule has 138 valence electrons. The molecule has 3 rings (SSSR count). The molecule has 0 spiro atoms. The van der Waals surface area contributed by atoms with E-state index in [4.69, 9.17) is 0 Å². The molecule has 1 atom stereocenters. The maximum absolute atomic E-state index is 12.8. The number of aromatic nitrogens is 2. The van der Waals surface area contributed by atoms with Crippen molar-refractivity contribution < 1.29 is 9.59 Å². The summed E-state index contributed by atoms with van der Waals surface area (Å²) >= 11 is 0. The Balaban J connectivity index is 1.93. The summed E-state index contributed by atoms with van der Waals surface area (Å²) in [6, 6.07) is 17.2. The summed E-state index contributed by atoms with van der Waals surface area (Å²) in [5.74, 6) is -1.20. The Morgan fingerprint density at radius 1 is 0.926 bits per heavy atom. The molecule has 0 bridgehead atoms. The molecule has 0 saturated heterocycles. The molecule has 0 radical (unpaired) electrons. The first-order valence-corrected chi connectivity index (χ1v) is 8.85. The standard InChI is InChI=1S/C22H23N3O2/c1-14-10-12-18(13-11-14)20(17-8-6-5-7-9-17)23-22(27)21(26)19-15(2)24-25(4)16(19)3/h5-13,20H,1-4H3,(H,23,27). The van der Waals surface area contributed by atoms with E-state index >= 15 is 0 Å². The lowest BCUT2D eigenvalue weighted by Gasteiger charge is -2.20. The molecular formula is C22H23N3O2. The van der Waals surface area contributed by atoms with Gasteiger partial charge in [-0.05, 0) is 31.9 Å². The highest BCUT2D eigenvalue weighted by Gasteiger charge is 2.26. The van der Waals surface area contributed by atoms with Crippen molar-refractivity contribution >= 4 is 11.7 Å². The molecule has 5 nitrogen and oxygen atoms in total. The second-order valence-corrected chi connectivity index (χ2v) is 6.73. The average molecular weight is 361 g/mol. The number of rotatable bonds is 5. The number of aryl methyl sites for hydroxylation is 3. The molecule has 1 amide bonds. The van der Waals surface area contributed by atoms with Crippen LogP contribution in [0.25, 0.3) is 0 Å². The third-order valence-electron chi connectivity index (χ3n) is 4.76. The Labute approximate surface area is 159 Å². The zero-order chi connectivity index (χ0) is 19.6. The Bertz CT molecular complexity index is 973. The van der Waals surface area contributed by atoms with Gasteiger partial charge in [-0.2, -0.15) is 5.10 Å². The average Bonchev–Trinajstić information content (AvgIpc) is 2.92. The molecule has 0 fully saturated rings. The van der Waals surface area contributed by atoms with E-state index in [2.05, 4.69) is 10.4 Å². The van der Waals surface area contributed by atoms with E-state index in [1.165, 1.54) is 0 Å². The minimum atomic E-state index is -0.636. The molecule has 0 saturated carbocycles. The highest BCUT2D eigenvalue weighted by atomic mass is 16.2. The first kappa shape index (κ1) is 18.6. The van der Waals surface area contributed by atoms with Gasteiger partial charge in [0, 0.05) is 12.7 Å². The van der Waals surface area contributed by atoms with Crippen molar-refractivity contribution in [3.63, 3.8) is 0 Å². The van der Waals surface area contributed by atoms with Crippen molar-refractivity contribution in [2.75, 3.05) is 0 Å². The Morgan fingerprint density at radius 3 is 2.07 bits per heavy atom. The van der Waals surface area contributed by atoms with Crippen molar-refractivity contribution in [2.45, 2.75) is 26.8 Å². The number of benzene rings is 2. The summed E-state index contributed by atoms with van der Waals surface area (Å²) in [5.41, 5.74) is 4.58. The predicted octanol–water partition coefficient (Wildman–Crippen LogP) is 3.43. The van der Waals surface area contributed by atoms with Gasteiger partial charge in [-0.25, -0.2) is 0 Å². The van der Waals surface area contributed by atoms with Crippen molar-refractivity contribution in [2.24, 2.45) is 7.05 Å². The monoisotopic (exact) mass is 361 g/mol. The van der Waals surface area contributed by atoms with Gasteiger partial charge < -0.3 is 5.32 Å². The third kappa shape index (κ3) is 3.82. The van der Waals surface area contributed by atoms with E-state index in [0.29, 0.717) is 17.0 Å². The number of Topliss-reactive ketones (excluding diaryl/α,β-unsaturated/α-hetero) is 1. The van der Waals surface area contributed by atoms with Crippen LogP contribution in [0.5, 0.6) is 0 Å². The van der Waals surface area contributed by atoms with Crippen LogP contribution >= 0.6 is 0 Å². The largest absolute Gasteiger partial charge is 0.338 e. The van der Waals surface area contributed by atoms with Crippen molar-refractivity contribution in [3.05, 3.63) is 88.2 Å². The predicted molar refractivity (Wildman–Crippen MR) is 105 cm³/mol. The molecule has 5 heteroatoms. The number of nitrogens with zero attached hydrogens (tertiary/aromatic N) is 2. The lowest BCUT2D eigenvalue weighted by Crippen LogP contribution is -2.35. The molecule has 1 unspecified atom stereocenters. The lowest BCUT2D eigenvalue weighted by molar-refractivity contribution is -0.117. The van der Waals surface area contributed by atoms with Gasteiger partial charge in [-0.3, -0.25) is 14.3 Å². The summed E-state index contributed by atoms with van der Waals surface area (Å²) < 4.78 is 1.62. The third-order valence-corrected chi connectivity index (χ3v) is 4.76. The number of carbonyl (C=O) groups excluding carboxylic acids is 2. The zero-order valence-corrected chi connectivity index (χ0v) is 16.0. The summed E-state index contributed by atoms with van der Waals surface area (Å²) in [5, 5.41) is 7.14. The van der Waals surface area contributed by atoms with Gasteiger partial charge in [-0.15, -0.1) is 0 Å². The summed E-state index contributed by atoms with van der Waals surface area (Å²) in [7, 11) is 1.76. The van der Waals surface area contributed by atoms with Crippen LogP contribution < -0.4 is 5.32 Å². The van der Waals surface area contributed by atoms with Gasteiger partial charge >= 0.3 is 0 Å². The molecule has 0 aliphatic carbocycles. The number of nitrogens with one attached hydrogen (secondary N) is 1. The first-order chi connectivity index (χ1) is 12.9. The van der Waals surface area contributed by atoms with Crippen LogP contribution in [0.2, 0.25) is 0 Å². The normalized spacial score (nSPS) is 11.9. The van der Waals surface area contributed by atoms with Gasteiger partial charge in [0.1, 0.15) is 0 Å². The Kier molecular flexibility index (Phi) is 5.21. The number of carbonyl (C=O) groups is 2. The van der Waals surface area contributed by atoms with Crippen LogP contribution in [-0.4, -0.2) is 21.5 Å². The second kappa shape index (κ2) is 7.58. The van der Waals surface area contributed by atoms with E-state index in [9.17, 15) is 9.59 Å². The second-order valence-electron chi connectivity index (χ2n) is 6.73. The van der Waals surface area contributed by atoms with Crippen LogP contribution in [0.15, 0.2) is 54.6 Å². The fourth-order valence-corrected chi connectivity index (χ4v) is 3.18. The number of hydrogen-bond acceptors (Lipinski definition) is 3. The maximum Gasteiger partial charge on any atom is 0.293 e. The minimum Gasteiger partial charge on any atom is -0.338 e.